The van der Waals surface area contributed by atoms with Crippen molar-refractivity contribution in [3.63, 3.8) is 0 Å². The van der Waals surface area contributed by atoms with Crippen molar-refractivity contribution in [2.24, 2.45) is 7.05 Å². The molecule has 1 heterocycles. The van der Waals surface area contributed by atoms with Gasteiger partial charge in [0.05, 0.1) is 17.3 Å². The maximum atomic E-state index is 5.87. The Labute approximate surface area is 112 Å². The molecule has 3 nitrogen and oxygen atoms in total. The Balaban J connectivity index is 2.08. The van der Waals surface area contributed by atoms with E-state index in [4.69, 9.17) is 16.3 Å². The molecule has 0 amide bonds. The molecule has 2 aromatic rings. The van der Waals surface area contributed by atoms with Gasteiger partial charge in [0.15, 0.2) is 0 Å². The smallest absolute Gasteiger partial charge is 0.130 e. The van der Waals surface area contributed by atoms with Crippen LogP contribution < -0.4 is 4.74 Å². The first-order chi connectivity index (χ1) is 8.74. The van der Waals surface area contributed by atoms with E-state index in [1.54, 1.807) is 0 Å². The van der Waals surface area contributed by atoms with E-state index in [0.717, 1.165) is 29.1 Å². The van der Waals surface area contributed by atoms with Gasteiger partial charge < -0.3 is 4.74 Å². The van der Waals surface area contributed by atoms with Crippen molar-refractivity contribution in [2.45, 2.75) is 25.8 Å². The van der Waals surface area contributed by atoms with Gasteiger partial charge in [-0.3, -0.25) is 4.68 Å². The first-order valence-electron chi connectivity index (χ1n) is 6.03. The molecule has 96 valence electrons. The van der Waals surface area contributed by atoms with Crippen LogP contribution in [0.5, 0.6) is 5.75 Å². The van der Waals surface area contributed by atoms with Gasteiger partial charge in [-0.2, -0.15) is 5.10 Å². The van der Waals surface area contributed by atoms with Crippen molar-refractivity contribution in [2.75, 3.05) is 0 Å². The predicted molar refractivity (Wildman–Crippen MR) is 72.9 cm³/mol. The molecule has 18 heavy (non-hydrogen) atoms. The second-order valence-corrected chi connectivity index (χ2v) is 4.40. The Bertz CT molecular complexity index is 522. The zero-order valence-corrected chi connectivity index (χ0v) is 11.4. The fraction of sp³-hybridized carbons (Fsp3) is 0.357. The lowest BCUT2D eigenvalue weighted by atomic mass is 10.2. The molecule has 0 radical (unpaired) electrons. The molecule has 2 rings (SSSR count). The lowest BCUT2D eigenvalue weighted by molar-refractivity contribution is 0.292. The third-order valence-corrected chi connectivity index (χ3v) is 3.17. The predicted octanol–water partition coefficient (Wildman–Crippen LogP) is 3.30. The molecule has 4 heteroatoms. The van der Waals surface area contributed by atoms with Crippen molar-refractivity contribution < 1.29 is 4.74 Å². The maximum absolute atomic E-state index is 5.87. The molecular weight excluding hydrogens is 248 g/mol. The van der Waals surface area contributed by atoms with E-state index < -0.39 is 0 Å². The average molecular weight is 265 g/mol. The van der Waals surface area contributed by atoms with Crippen molar-refractivity contribution >= 4 is 11.6 Å². The molecule has 0 saturated carbocycles. The van der Waals surface area contributed by atoms with Gasteiger partial charge in [-0.25, -0.2) is 0 Å². The number of alkyl halides is 1. The van der Waals surface area contributed by atoms with Gasteiger partial charge in [0.2, 0.25) is 0 Å². The largest absolute Gasteiger partial charge is 0.487 e. The van der Waals surface area contributed by atoms with Crippen LogP contribution in [0.4, 0.5) is 0 Å². The zero-order chi connectivity index (χ0) is 13.0. The van der Waals surface area contributed by atoms with Crippen LogP contribution in [0.25, 0.3) is 0 Å². The zero-order valence-electron chi connectivity index (χ0n) is 10.7. The summed E-state index contributed by atoms with van der Waals surface area (Å²) < 4.78 is 7.67. The van der Waals surface area contributed by atoms with E-state index in [1.165, 1.54) is 0 Å². The standard InChI is InChI=1S/C14H17ClN2O/c1-3-12-8-13(17(2)16-12)10-18-14-7-5-4-6-11(14)9-15/h4-8H,3,9-10H2,1-2H3. The van der Waals surface area contributed by atoms with Crippen molar-refractivity contribution in [1.82, 2.24) is 9.78 Å². The highest BCUT2D eigenvalue weighted by Gasteiger charge is 2.06. The van der Waals surface area contributed by atoms with Gasteiger partial charge in [0.1, 0.15) is 12.4 Å². The first-order valence-corrected chi connectivity index (χ1v) is 6.56. The van der Waals surface area contributed by atoms with Gasteiger partial charge in [0.25, 0.3) is 0 Å². The minimum atomic E-state index is 0.460. The summed E-state index contributed by atoms with van der Waals surface area (Å²) in [6.45, 7) is 2.60. The van der Waals surface area contributed by atoms with E-state index in [1.807, 2.05) is 36.0 Å². The molecule has 0 spiro atoms. The van der Waals surface area contributed by atoms with Crippen LogP contribution in [-0.4, -0.2) is 9.78 Å². The number of aryl methyl sites for hydroxylation is 2. The number of hydrogen-bond donors (Lipinski definition) is 0. The Morgan fingerprint density at radius 3 is 2.78 bits per heavy atom. The van der Waals surface area contributed by atoms with Gasteiger partial charge in [0, 0.05) is 12.6 Å². The minimum absolute atomic E-state index is 0.460. The molecule has 0 bridgehead atoms. The molecule has 0 N–H and O–H groups in total. The second-order valence-electron chi connectivity index (χ2n) is 4.13. The van der Waals surface area contributed by atoms with E-state index in [2.05, 4.69) is 18.1 Å². The van der Waals surface area contributed by atoms with E-state index in [9.17, 15) is 0 Å². The average Bonchev–Trinajstić information content (AvgIpc) is 2.77. The lowest BCUT2D eigenvalue weighted by Crippen LogP contribution is -2.04. The summed E-state index contributed by atoms with van der Waals surface area (Å²) >= 11 is 5.87. The van der Waals surface area contributed by atoms with E-state index in [-0.39, 0.29) is 0 Å². The Kier molecular flexibility index (Phi) is 4.26. The lowest BCUT2D eigenvalue weighted by Gasteiger charge is -2.09. The number of ether oxygens (including phenoxy) is 1. The third-order valence-electron chi connectivity index (χ3n) is 2.88. The molecule has 1 aromatic carbocycles. The van der Waals surface area contributed by atoms with Crippen LogP contribution >= 0.6 is 11.6 Å². The Morgan fingerprint density at radius 1 is 1.33 bits per heavy atom. The summed E-state index contributed by atoms with van der Waals surface area (Å²) in [6, 6.07) is 9.90. The fourth-order valence-electron chi connectivity index (χ4n) is 1.79. The number of benzene rings is 1. The number of para-hydroxylation sites is 1. The number of rotatable bonds is 5. The molecule has 0 atom stereocenters. The van der Waals surface area contributed by atoms with Crippen molar-refractivity contribution in [3.05, 3.63) is 47.3 Å². The van der Waals surface area contributed by atoms with Crippen LogP contribution in [0.1, 0.15) is 23.9 Å². The summed E-state index contributed by atoms with van der Waals surface area (Å²) in [7, 11) is 1.94. The van der Waals surface area contributed by atoms with Gasteiger partial charge in [-0.15, -0.1) is 11.6 Å². The summed E-state index contributed by atoms with van der Waals surface area (Å²) in [5, 5.41) is 4.39. The van der Waals surface area contributed by atoms with Crippen molar-refractivity contribution in [1.29, 1.82) is 0 Å². The molecule has 0 saturated heterocycles. The highest BCUT2D eigenvalue weighted by molar-refractivity contribution is 6.17. The van der Waals surface area contributed by atoms with Crippen LogP contribution in [-0.2, 0) is 26.0 Å². The number of aromatic nitrogens is 2. The highest BCUT2D eigenvalue weighted by atomic mass is 35.5. The molecule has 0 aliphatic carbocycles. The number of hydrogen-bond acceptors (Lipinski definition) is 2. The monoisotopic (exact) mass is 264 g/mol. The van der Waals surface area contributed by atoms with Gasteiger partial charge in [-0.1, -0.05) is 25.1 Å². The quantitative estimate of drug-likeness (QED) is 0.775. The molecular formula is C14H17ClN2O. The van der Waals surface area contributed by atoms with Crippen LogP contribution in [0.2, 0.25) is 0 Å². The SMILES string of the molecule is CCc1cc(COc2ccccc2CCl)n(C)n1. The van der Waals surface area contributed by atoms with Crippen LogP contribution in [0.15, 0.2) is 30.3 Å². The highest BCUT2D eigenvalue weighted by Crippen LogP contribution is 2.21. The maximum Gasteiger partial charge on any atom is 0.130 e. The van der Waals surface area contributed by atoms with Crippen molar-refractivity contribution in [3.8, 4) is 5.75 Å². The fourth-order valence-corrected chi connectivity index (χ4v) is 2.01. The van der Waals surface area contributed by atoms with Crippen LogP contribution in [0, 0.1) is 0 Å². The number of nitrogens with zero attached hydrogens (tertiary/aromatic N) is 2. The molecule has 1 aromatic heterocycles. The molecule has 0 aliphatic rings. The third kappa shape index (κ3) is 2.85. The Hall–Kier alpha value is -1.48. The van der Waals surface area contributed by atoms with Gasteiger partial charge in [-0.05, 0) is 18.6 Å². The van der Waals surface area contributed by atoms with Gasteiger partial charge >= 0.3 is 0 Å². The summed E-state index contributed by atoms with van der Waals surface area (Å²) in [5.41, 5.74) is 3.16. The summed E-state index contributed by atoms with van der Waals surface area (Å²) in [4.78, 5) is 0. The second kappa shape index (κ2) is 5.91. The summed E-state index contributed by atoms with van der Waals surface area (Å²) in [6.07, 6.45) is 0.937. The summed E-state index contributed by atoms with van der Waals surface area (Å²) in [5.74, 6) is 1.30. The molecule has 0 aliphatic heterocycles. The molecule has 0 fully saturated rings. The Morgan fingerprint density at radius 2 is 2.11 bits per heavy atom. The first kappa shape index (κ1) is 13.0. The molecule has 0 unspecified atom stereocenters. The topological polar surface area (TPSA) is 27.1 Å². The van der Waals surface area contributed by atoms with Crippen LogP contribution in [0.3, 0.4) is 0 Å². The number of halogens is 1. The normalized spacial score (nSPS) is 10.6. The van der Waals surface area contributed by atoms with E-state index in [0.29, 0.717) is 12.5 Å². The minimum Gasteiger partial charge on any atom is -0.487 e. The van der Waals surface area contributed by atoms with E-state index >= 15 is 0 Å².